The maximum absolute atomic E-state index is 11.6. The van der Waals surface area contributed by atoms with Gasteiger partial charge in [0.05, 0.1) is 0 Å². The molecule has 156 valence electrons. The zero-order valence-electron chi connectivity index (χ0n) is 17.3. The van der Waals surface area contributed by atoms with Crippen LogP contribution in [-0.4, -0.2) is 48.4 Å². The first-order chi connectivity index (χ1) is 14.7. The molecule has 1 aromatic heterocycles. The highest BCUT2D eigenvalue weighted by Gasteiger charge is 2.43. The molecule has 5 nitrogen and oxygen atoms in total. The summed E-state index contributed by atoms with van der Waals surface area (Å²) in [5.41, 5.74) is 1.29. The van der Waals surface area contributed by atoms with Gasteiger partial charge in [0, 0.05) is 56.4 Å². The molecule has 1 aliphatic heterocycles. The third-order valence-corrected chi connectivity index (χ3v) is 6.65. The summed E-state index contributed by atoms with van der Waals surface area (Å²) < 4.78 is 2.40. The molecule has 2 atom stereocenters. The lowest BCUT2D eigenvalue weighted by Crippen LogP contribution is -2.39. The van der Waals surface area contributed by atoms with Crippen LogP contribution in [0.2, 0.25) is 0 Å². The highest BCUT2D eigenvalue weighted by atomic mass is 32.2. The molecule has 2 aromatic carbocycles. The zero-order chi connectivity index (χ0) is 20.8. The van der Waals surface area contributed by atoms with Crippen LogP contribution in [-0.2, 0) is 4.79 Å². The van der Waals surface area contributed by atoms with E-state index in [1.807, 2.05) is 42.5 Å². The minimum Gasteiger partial charge on any atom is -0.359 e. The van der Waals surface area contributed by atoms with E-state index in [1.165, 1.54) is 21.2 Å². The molecule has 1 aliphatic carbocycles. The lowest BCUT2D eigenvalue weighted by molar-refractivity contribution is -0.121. The molecule has 2 aliphatic rings. The number of amides is 1. The van der Waals surface area contributed by atoms with E-state index in [4.69, 9.17) is 0 Å². The minimum atomic E-state index is 0.175. The second-order valence-corrected chi connectivity index (χ2v) is 8.80. The third kappa shape index (κ3) is 5.39. The van der Waals surface area contributed by atoms with Crippen molar-refractivity contribution >= 4 is 28.6 Å². The summed E-state index contributed by atoms with van der Waals surface area (Å²) in [5.74, 6) is 0.786. The number of hydrogen-bond acceptors (Lipinski definition) is 5. The molecular weight excluding hydrogens is 392 g/mol. The molecule has 1 saturated heterocycles. The molecule has 2 heterocycles. The summed E-state index contributed by atoms with van der Waals surface area (Å²) in [5, 5.41) is 8.54. The Balaban J connectivity index is 0.000000181. The van der Waals surface area contributed by atoms with E-state index in [0.29, 0.717) is 5.92 Å². The number of pyridine rings is 1. The molecule has 1 unspecified atom stereocenters. The van der Waals surface area contributed by atoms with Crippen molar-refractivity contribution in [3.8, 4) is 0 Å². The number of nitrogens with one attached hydrogen (secondary N) is 2. The Hall–Kier alpha value is -2.41. The molecule has 0 bridgehead atoms. The summed E-state index contributed by atoms with van der Waals surface area (Å²) in [6.07, 6.45) is 4.67. The zero-order valence-corrected chi connectivity index (χ0v) is 18.1. The molecule has 6 heteroatoms. The largest absolute Gasteiger partial charge is 0.359 e. The van der Waals surface area contributed by atoms with Crippen LogP contribution in [0, 0.1) is 5.92 Å². The van der Waals surface area contributed by atoms with E-state index in [2.05, 4.69) is 56.3 Å². The average molecular weight is 421 g/mol. The maximum atomic E-state index is 11.6. The number of hydrogen-bond donors (Lipinski definition) is 2. The predicted molar refractivity (Wildman–Crippen MR) is 123 cm³/mol. The van der Waals surface area contributed by atoms with E-state index in [1.54, 1.807) is 7.05 Å². The molecule has 1 amide bonds. The highest BCUT2D eigenvalue weighted by Crippen LogP contribution is 2.47. The average Bonchev–Trinajstić information content (AvgIpc) is 3.61. The van der Waals surface area contributed by atoms with Gasteiger partial charge in [0.1, 0.15) is 0 Å². The number of fused-ring (bicyclic) bond motifs is 1. The van der Waals surface area contributed by atoms with Crippen molar-refractivity contribution < 1.29 is 4.79 Å². The lowest BCUT2D eigenvalue weighted by Gasteiger charge is -2.25. The number of carbonyl (C=O) groups excluding carboxylic acids is 1. The number of piperazine rings is 1. The molecule has 2 fully saturated rings. The van der Waals surface area contributed by atoms with Gasteiger partial charge in [-0.2, -0.15) is 0 Å². The van der Waals surface area contributed by atoms with Crippen LogP contribution in [0.3, 0.4) is 0 Å². The Kier molecular flexibility index (Phi) is 7.00. The molecule has 30 heavy (non-hydrogen) atoms. The molecule has 2 N–H and O–H groups in total. The predicted octanol–water partition coefficient (Wildman–Crippen LogP) is 3.68. The lowest BCUT2D eigenvalue weighted by atomic mass is 10.1. The Morgan fingerprint density at radius 1 is 1.07 bits per heavy atom. The molecule has 1 saturated carbocycles. The Morgan fingerprint density at radius 2 is 1.80 bits per heavy atom. The third-order valence-electron chi connectivity index (χ3n) is 5.54. The van der Waals surface area contributed by atoms with Crippen LogP contribution >= 0.6 is 11.9 Å². The number of nitrogens with zero attached hydrogens (tertiary/aromatic N) is 2. The summed E-state index contributed by atoms with van der Waals surface area (Å²) in [4.78, 5) is 16.9. The molecule has 0 radical (unpaired) electrons. The van der Waals surface area contributed by atoms with Gasteiger partial charge in [-0.25, -0.2) is 4.31 Å². The first-order valence-corrected chi connectivity index (χ1v) is 11.3. The smallest absolute Gasteiger partial charge is 0.223 e. The summed E-state index contributed by atoms with van der Waals surface area (Å²) >= 11 is 1.83. The number of rotatable bonds is 4. The van der Waals surface area contributed by atoms with Gasteiger partial charge in [-0.1, -0.05) is 36.4 Å². The fraction of sp³-hybridized carbons (Fsp3) is 0.333. The van der Waals surface area contributed by atoms with Gasteiger partial charge in [0.25, 0.3) is 0 Å². The van der Waals surface area contributed by atoms with Crippen LogP contribution in [0.15, 0.2) is 71.9 Å². The standard InChI is InChI=1S/C15H21N3OS.C9H7N/c1-16-15(19)14-10-13(14)11-2-4-12(5-3-11)20-18-8-6-17-7-9-18;1-2-4-9-7-10-6-5-8(9)3-1/h2-5,13-14,17H,6-10H2,1H3,(H,16,19);1-7H/t13-,14?;/m0./s1. The van der Waals surface area contributed by atoms with Gasteiger partial charge in [0.15, 0.2) is 0 Å². The summed E-state index contributed by atoms with van der Waals surface area (Å²) in [6.45, 7) is 4.32. The topological polar surface area (TPSA) is 57.3 Å². The van der Waals surface area contributed by atoms with Crippen LogP contribution in [0.4, 0.5) is 0 Å². The van der Waals surface area contributed by atoms with Crippen molar-refractivity contribution in [3.63, 3.8) is 0 Å². The van der Waals surface area contributed by atoms with Crippen molar-refractivity contribution in [2.45, 2.75) is 17.2 Å². The van der Waals surface area contributed by atoms with Gasteiger partial charge < -0.3 is 10.6 Å². The molecule has 5 rings (SSSR count). The SMILES string of the molecule is CNC(=O)C1C[C@H]1c1ccc(SN2CCNCC2)cc1.c1ccc2cnccc2c1. The second kappa shape index (κ2) is 10.1. The van der Waals surface area contributed by atoms with Crippen molar-refractivity contribution in [2.24, 2.45) is 5.92 Å². The molecule has 3 aromatic rings. The van der Waals surface area contributed by atoms with Crippen LogP contribution in [0.5, 0.6) is 0 Å². The van der Waals surface area contributed by atoms with Gasteiger partial charge in [-0.3, -0.25) is 9.78 Å². The normalized spacial score (nSPS) is 20.8. The van der Waals surface area contributed by atoms with E-state index < -0.39 is 0 Å². The van der Waals surface area contributed by atoms with Crippen LogP contribution in [0.1, 0.15) is 17.9 Å². The number of aromatic nitrogens is 1. The molecular formula is C24H28N4OS. The monoisotopic (exact) mass is 420 g/mol. The minimum absolute atomic E-state index is 0.175. The Bertz CT molecular complexity index is 907. The van der Waals surface area contributed by atoms with Gasteiger partial charge in [-0.15, -0.1) is 0 Å². The quantitative estimate of drug-likeness (QED) is 0.631. The van der Waals surface area contributed by atoms with E-state index in [-0.39, 0.29) is 11.8 Å². The first kappa shape index (κ1) is 20.8. The van der Waals surface area contributed by atoms with Crippen molar-refractivity contribution in [3.05, 3.63) is 72.6 Å². The van der Waals surface area contributed by atoms with Gasteiger partial charge >= 0.3 is 0 Å². The van der Waals surface area contributed by atoms with Crippen molar-refractivity contribution in [2.75, 3.05) is 33.2 Å². The summed E-state index contributed by atoms with van der Waals surface area (Å²) in [6, 6.07) is 18.9. The van der Waals surface area contributed by atoms with Gasteiger partial charge in [0.2, 0.25) is 5.91 Å². The van der Waals surface area contributed by atoms with E-state index >= 15 is 0 Å². The van der Waals surface area contributed by atoms with E-state index in [9.17, 15) is 4.79 Å². The van der Waals surface area contributed by atoms with Gasteiger partial charge in [-0.05, 0) is 58.8 Å². The molecule has 0 spiro atoms. The number of carbonyl (C=O) groups is 1. The fourth-order valence-corrected chi connectivity index (χ4v) is 4.65. The first-order valence-electron chi connectivity index (χ1n) is 10.5. The Morgan fingerprint density at radius 3 is 2.50 bits per heavy atom. The number of benzene rings is 2. The van der Waals surface area contributed by atoms with Crippen LogP contribution < -0.4 is 10.6 Å². The second-order valence-electron chi connectivity index (χ2n) is 7.63. The van der Waals surface area contributed by atoms with E-state index in [0.717, 1.165) is 32.6 Å². The highest BCUT2D eigenvalue weighted by molar-refractivity contribution is 7.97. The Labute approximate surface area is 182 Å². The fourth-order valence-electron chi connectivity index (χ4n) is 3.73. The summed E-state index contributed by atoms with van der Waals surface area (Å²) in [7, 11) is 1.71. The van der Waals surface area contributed by atoms with Crippen molar-refractivity contribution in [1.82, 2.24) is 19.9 Å². The van der Waals surface area contributed by atoms with Crippen LogP contribution in [0.25, 0.3) is 10.8 Å². The maximum Gasteiger partial charge on any atom is 0.223 e. The van der Waals surface area contributed by atoms with Crippen molar-refractivity contribution in [1.29, 1.82) is 0 Å².